The van der Waals surface area contributed by atoms with E-state index >= 15 is 0 Å². The number of nitrogens with zero attached hydrogens (tertiary/aromatic N) is 2. The van der Waals surface area contributed by atoms with E-state index in [4.69, 9.17) is 16.6 Å². The predicted octanol–water partition coefficient (Wildman–Crippen LogP) is 4.96. The summed E-state index contributed by atoms with van der Waals surface area (Å²) in [6.45, 7) is 7.01. The number of carbonyl (C=O) groups excluding carboxylic acids is 1. The molecule has 5 heteroatoms. The summed E-state index contributed by atoms with van der Waals surface area (Å²) in [5.74, 6) is 1.80. The Balaban J connectivity index is 1.41. The van der Waals surface area contributed by atoms with Crippen LogP contribution in [0.5, 0.6) is 0 Å². The van der Waals surface area contributed by atoms with E-state index in [9.17, 15) is 4.79 Å². The molecule has 3 heterocycles. The van der Waals surface area contributed by atoms with Gasteiger partial charge in [-0.25, -0.2) is 0 Å². The van der Waals surface area contributed by atoms with Gasteiger partial charge in [0.2, 0.25) is 5.91 Å². The standard InChI is InChI=1S/C27H32ClN3O/c1-18(2)12-24-25-23-15-30-27(24,26(32)29-14-19-6-4-3-5-7-19)13-21(23)17-31(25)16-20-8-10-22(28)11-9-20/h3-11,15,18,21,23-25H,12-14,16-17H2,1-2H3,(H,29,32). The highest BCUT2D eigenvalue weighted by Crippen LogP contribution is 2.55. The first-order valence-corrected chi connectivity index (χ1v) is 12.2. The van der Waals surface area contributed by atoms with Crippen molar-refractivity contribution in [3.05, 3.63) is 70.7 Å². The van der Waals surface area contributed by atoms with E-state index in [1.807, 2.05) is 30.3 Å². The zero-order chi connectivity index (χ0) is 22.3. The smallest absolute Gasteiger partial charge is 0.248 e. The maximum absolute atomic E-state index is 13.7. The minimum atomic E-state index is -0.641. The van der Waals surface area contributed by atoms with E-state index in [1.165, 1.54) is 5.56 Å². The average molecular weight is 450 g/mol. The van der Waals surface area contributed by atoms with E-state index in [0.29, 0.717) is 30.3 Å². The summed E-state index contributed by atoms with van der Waals surface area (Å²) in [6, 6.07) is 18.7. The van der Waals surface area contributed by atoms with Gasteiger partial charge in [0.05, 0.1) is 0 Å². The number of nitrogens with one attached hydrogen (secondary N) is 1. The maximum atomic E-state index is 13.7. The third kappa shape index (κ3) is 3.88. The SMILES string of the molecule is CC(C)CC1C2C3C=NC1(C(=O)NCc1ccccc1)CC3CN2Cc1ccc(Cl)cc1. The van der Waals surface area contributed by atoms with Crippen molar-refractivity contribution in [2.75, 3.05) is 6.54 Å². The van der Waals surface area contributed by atoms with Gasteiger partial charge in [-0.3, -0.25) is 14.7 Å². The monoisotopic (exact) mass is 449 g/mol. The number of aliphatic imine (C=N–C) groups is 1. The number of halogens is 1. The van der Waals surface area contributed by atoms with Crippen LogP contribution in [0.3, 0.4) is 0 Å². The minimum absolute atomic E-state index is 0.102. The average Bonchev–Trinajstić information content (AvgIpc) is 3.09. The summed E-state index contributed by atoms with van der Waals surface area (Å²) in [5, 5.41) is 4.01. The number of benzene rings is 2. The predicted molar refractivity (Wildman–Crippen MR) is 130 cm³/mol. The van der Waals surface area contributed by atoms with Crippen LogP contribution in [0.1, 0.15) is 37.8 Å². The Kier molecular flexibility index (Phi) is 5.85. The largest absolute Gasteiger partial charge is 0.350 e. The molecule has 5 unspecified atom stereocenters. The van der Waals surface area contributed by atoms with Crippen molar-refractivity contribution in [3.63, 3.8) is 0 Å². The number of likely N-dealkylation sites (tertiary alicyclic amines) is 1. The number of hydrogen-bond acceptors (Lipinski definition) is 3. The molecule has 0 spiro atoms. The molecule has 1 aliphatic carbocycles. The minimum Gasteiger partial charge on any atom is -0.350 e. The van der Waals surface area contributed by atoms with Gasteiger partial charge in [0.25, 0.3) is 0 Å². The lowest BCUT2D eigenvalue weighted by Gasteiger charge is -2.51. The Morgan fingerprint density at radius 1 is 1.16 bits per heavy atom. The maximum Gasteiger partial charge on any atom is 0.248 e. The lowest BCUT2D eigenvalue weighted by atomic mass is 9.59. The summed E-state index contributed by atoms with van der Waals surface area (Å²) in [7, 11) is 0. The highest BCUT2D eigenvalue weighted by Gasteiger charge is 2.63. The summed E-state index contributed by atoms with van der Waals surface area (Å²) < 4.78 is 0. The van der Waals surface area contributed by atoms with Gasteiger partial charge in [0.1, 0.15) is 5.54 Å². The number of hydrogen-bond donors (Lipinski definition) is 1. The third-order valence-corrected chi connectivity index (χ3v) is 7.87. The zero-order valence-corrected chi connectivity index (χ0v) is 19.6. The van der Waals surface area contributed by atoms with E-state index in [0.717, 1.165) is 36.5 Å². The van der Waals surface area contributed by atoms with E-state index in [-0.39, 0.29) is 11.8 Å². The van der Waals surface area contributed by atoms with Gasteiger partial charge in [-0.15, -0.1) is 0 Å². The lowest BCUT2D eigenvalue weighted by Crippen LogP contribution is -2.63. The molecule has 4 nitrogen and oxygen atoms in total. The van der Waals surface area contributed by atoms with E-state index in [2.05, 4.69) is 54.5 Å². The first-order valence-electron chi connectivity index (χ1n) is 11.8. The fourth-order valence-electron chi connectivity index (χ4n) is 6.29. The molecule has 32 heavy (non-hydrogen) atoms. The molecule has 4 bridgehead atoms. The second kappa shape index (κ2) is 8.64. The van der Waals surface area contributed by atoms with Crippen LogP contribution < -0.4 is 5.32 Å². The van der Waals surface area contributed by atoms with Gasteiger partial charge in [0.15, 0.2) is 0 Å². The fraction of sp³-hybridized carbons (Fsp3) is 0.481. The van der Waals surface area contributed by atoms with E-state index < -0.39 is 5.54 Å². The van der Waals surface area contributed by atoms with Gasteiger partial charge >= 0.3 is 0 Å². The Morgan fingerprint density at radius 2 is 1.91 bits per heavy atom. The third-order valence-electron chi connectivity index (χ3n) is 7.62. The van der Waals surface area contributed by atoms with Crippen molar-refractivity contribution in [2.45, 2.75) is 51.4 Å². The molecule has 2 fully saturated rings. The Morgan fingerprint density at radius 3 is 2.62 bits per heavy atom. The van der Waals surface area contributed by atoms with Crippen molar-refractivity contribution in [1.29, 1.82) is 0 Å². The quantitative estimate of drug-likeness (QED) is 0.649. The van der Waals surface area contributed by atoms with Crippen LogP contribution in [0.2, 0.25) is 5.02 Å². The molecule has 1 amide bonds. The van der Waals surface area contributed by atoms with Crippen LogP contribution in [-0.4, -0.2) is 35.1 Å². The van der Waals surface area contributed by atoms with Gasteiger partial charge in [-0.1, -0.05) is 67.9 Å². The molecule has 3 aliphatic heterocycles. The van der Waals surface area contributed by atoms with Crippen LogP contribution in [0, 0.1) is 23.7 Å². The van der Waals surface area contributed by atoms with Crippen molar-refractivity contribution in [2.24, 2.45) is 28.7 Å². The lowest BCUT2D eigenvalue weighted by molar-refractivity contribution is -0.132. The molecule has 1 saturated carbocycles. The number of amides is 1. The first-order chi connectivity index (χ1) is 15.5. The summed E-state index contributed by atoms with van der Waals surface area (Å²) in [4.78, 5) is 21.3. The molecule has 168 valence electrons. The molecule has 2 aromatic rings. The van der Waals surface area contributed by atoms with Gasteiger partial charge in [-0.2, -0.15) is 0 Å². The molecule has 1 saturated heterocycles. The molecule has 1 N–H and O–H groups in total. The summed E-state index contributed by atoms with van der Waals surface area (Å²) in [5.41, 5.74) is 1.76. The molecule has 0 radical (unpaired) electrons. The van der Waals surface area contributed by atoms with Gasteiger partial charge < -0.3 is 5.32 Å². The zero-order valence-electron chi connectivity index (χ0n) is 18.9. The molecule has 2 aromatic carbocycles. The number of carbonyl (C=O) groups is 1. The second-order valence-corrected chi connectivity index (χ2v) is 10.6. The molecule has 4 aliphatic rings. The van der Waals surface area contributed by atoms with Gasteiger partial charge in [0, 0.05) is 48.7 Å². The second-order valence-electron chi connectivity index (χ2n) is 10.2. The molecule has 0 aromatic heterocycles. The topological polar surface area (TPSA) is 44.7 Å². The van der Waals surface area contributed by atoms with Crippen molar-refractivity contribution >= 4 is 23.7 Å². The highest BCUT2D eigenvalue weighted by atomic mass is 35.5. The van der Waals surface area contributed by atoms with E-state index in [1.54, 1.807) is 0 Å². The molecular weight excluding hydrogens is 418 g/mol. The normalized spacial score (nSPS) is 30.8. The van der Waals surface area contributed by atoms with Crippen LogP contribution >= 0.6 is 11.6 Å². The number of rotatable bonds is 7. The summed E-state index contributed by atoms with van der Waals surface area (Å²) >= 11 is 6.10. The fourth-order valence-corrected chi connectivity index (χ4v) is 6.41. The molecule has 6 rings (SSSR count). The Hall–Kier alpha value is -2.17. The highest BCUT2D eigenvalue weighted by molar-refractivity contribution is 6.30. The Bertz CT molecular complexity index is 990. The van der Waals surface area contributed by atoms with Crippen molar-refractivity contribution < 1.29 is 4.79 Å². The van der Waals surface area contributed by atoms with Crippen molar-refractivity contribution in [3.8, 4) is 0 Å². The summed E-state index contributed by atoms with van der Waals surface area (Å²) in [6.07, 6.45) is 4.00. The molecule has 5 atom stereocenters. The Labute approximate surface area is 196 Å². The van der Waals surface area contributed by atoms with Crippen molar-refractivity contribution in [1.82, 2.24) is 10.2 Å². The molecular formula is C27H32ClN3O. The van der Waals surface area contributed by atoms with Crippen LogP contribution in [0.25, 0.3) is 0 Å². The van der Waals surface area contributed by atoms with Crippen LogP contribution in [0.15, 0.2) is 59.6 Å². The van der Waals surface area contributed by atoms with Crippen LogP contribution in [0.4, 0.5) is 0 Å². The van der Waals surface area contributed by atoms with Gasteiger partial charge in [-0.05, 0) is 47.9 Å². The first kappa shape index (κ1) is 21.7. The van der Waals surface area contributed by atoms with Crippen LogP contribution in [-0.2, 0) is 17.9 Å².